The molecule has 1 N–H and O–H groups in total. The van der Waals surface area contributed by atoms with E-state index in [4.69, 9.17) is 33.0 Å². The van der Waals surface area contributed by atoms with Crippen LogP contribution < -0.4 is 4.74 Å². The zero-order chi connectivity index (χ0) is 15.8. The van der Waals surface area contributed by atoms with E-state index >= 15 is 0 Å². The van der Waals surface area contributed by atoms with Crippen LogP contribution in [0.15, 0.2) is 18.2 Å². The first-order valence-electron chi connectivity index (χ1n) is 6.51. The highest BCUT2D eigenvalue weighted by atomic mass is 35.5. The van der Waals surface area contributed by atoms with Gasteiger partial charge in [0.25, 0.3) is 0 Å². The Bertz CT molecular complexity index is 508. The van der Waals surface area contributed by atoms with Gasteiger partial charge < -0.3 is 14.7 Å². The van der Waals surface area contributed by atoms with Gasteiger partial charge in [-0.15, -0.1) is 0 Å². The Morgan fingerprint density at radius 2 is 2.00 bits per heavy atom. The first kappa shape index (κ1) is 17.6. The SMILES string of the molecule is CCCN(CC(=O)O)C(=O)CCOc1ccc(Cl)c(Cl)c1. The summed E-state index contributed by atoms with van der Waals surface area (Å²) in [6.07, 6.45) is 0.806. The average Bonchev–Trinajstić information content (AvgIpc) is 2.41. The molecular formula is C14H17Cl2NO4. The van der Waals surface area contributed by atoms with E-state index in [-0.39, 0.29) is 25.5 Å². The van der Waals surface area contributed by atoms with Gasteiger partial charge in [0.1, 0.15) is 12.3 Å². The number of hydrogen-bond donors (Lipinski definition) is 1. The van der Waals surface area contributed by atoms with Crippen molar-refractivity contribution in [2.24, 2.45) is 0 Å². The molecule has 0 aromatic heterocycles. The molecule has 0 aliphatic carbocycles. The van der Waals surface area contributed by atoms with Crippen molar-refractivity contribution in [3.63, 3.8) is 0 Å². The van der Waals surface area contributed by atoms with E-state index in [0.29, 0.717) is 28.8 Å². The molecule has 0 radical (unpaired) electrons. The minimum Gasteiger partial charge on any atom is -0.493 e. The van der Waals surface area contributed by atoms with Crippen molar-refractivity contribution in [1.82, 2.24) is 4.90 Å². The van der Waals surface area contributed by atoms with Gasteiger partial charge in [-0.2, -0.15) is 0 Å². The molecule has 1 rings (SSSR count). The van der Waals surface area contributed by atoms with Crippen LogP contribution in [0.25, 0.3) is 0 Å². The molecule has 116 valence electrons. The van der Waals surface area contributed by atoms with Gasteiger partial charge in [-0.05, 0) is 18.6 Å². The molecule has 0 unspecified atom stereocenters. The van der Waals surface area contributed by atoms with Gasteiger partial charge >= 0.3 is 5.97 Å². The van der Waals surface area contributed by atoms with E-state index in [1.165, 1.54) is 4.90 Å². The molecule has 0 aliphatic heterocycles. The summed E-state index contributed by atoms with van der Waals surface area (Å²) < 4.78 is 5.41. The molecule has 0 saturated carbocycles. The average molecular weight is 334 g/mol. The number of amides is 1. The number of ether oxygens (including phenoxy) is 1. The molecule has 0 saturated heterocycles. The Hall–Kier alpha value is -1.46. The van der Waals surface area contributed by atoms with Crippen LogP contribution >= 0.6 is 23.2 Å². The Morgan fingerprint density at radius 1 is 1.29 bits per heavy atom. The van der Waals surface area contributed by atoms with Gasteiger partial charge in [0, 0.05) is 12.6 Å². The van der Waals surface area contributed by atoms with Crippen LogP contribution in [0.1, 0.15) is 19.8 Å². The number of carbonyl (C=O) groups is 2. The third-order valence-electron chi connectivity index (χ3n) is 2.65. The second kappa shape index (κ2) is 8.74. The quantitative estimate of drug-likeness (QED) is 0.793. The summed E-state index contributed by atoms with van der Waals surface area (Å²) in [5.41, 5.74) is 0. The van der Waals surface area contributed by atoms with Crippen molar-refractivity contribution in [2.45, 2.75) is 19.8 Å². The maximum atomic E-state index is 11.9. The summed E-state index contributed by atoms with van der Waals surface area (Å²) in [5, 5.41) is 9.57. The monoisotopic (exact) mass is 333 g/mol. The Morgan fingerprint density at radius 3 is 2.57 bits per heavy atom. The maximum Gasteiger partial charge on any atom is 0.323 e. The van der Waals surface area contributed by atoms with Crippen molar-refractivity contribution < 1.29 is 19.4 Å². The van der Waals surface area contributed by atoms with Crippen molar-refractivity contribution in [3.05, 3.63) is 28.2 Å². The fourth-order valence-electron chi connectivity index (χ4n) is 1.71. The highest BCUT2D eigenvalue weighted by Gasteiger charge is 2.15. The summed E-state index contributed by atoms with van der Waals surface area (Å²) >= 11 is 11.6. The number of benzene rings is 1. The topological polar surface area (TPSA) is 66.8 Å². The van der Waals surface area contributed by atoms with Gasteiger partial charge in [0.15, 0.2) is 0 Å². The van der Waals surface area contributed by atoms with Gasteiger partial charge in [-0.25, -0.2) is 0 Å². The van der Waals surface area contributed by atoms with Crippen LogP contribution in [0.3, 0.4) is 0 Å². The van der Waals surface area contributed by atoms with Crippen LogP contribution in [0.5, 0.6) is 5.75 Å². The van der Waals surface area contributed by atoms with Crippen molar-refractivity contribution >= 4 is 35.1 Å². The normalized spacial score (nSPS) is 10.2. The Kier molecular flexibility index (Phi) is 7.32. The third-order valence-corrected chi connectivity index (χ3v) is 3.39. The van der Waals surface area contributed by atoms with E-state index in [2.05, 4.69) is 0 Å². The number of rotatable bonds is 8. The molecule has 0 heterocycles. The molecule has 5 nitrogen and oxygen atoms in total. The first-order valence-corrected chi connectivity index (χ1v) is 7.27. The summed E-state index contributed by atoms with van der Waals surface area (Å²) in [5.74, 6) is -0.765. The standard InChI is InChI=1S/C14H17Cl2NO4/c1-2-6-17(9-14(19)20)13(18)5-7-21-10-3-4-11(15)12(16)8-10/h3-4,8H,2,5-7,9H2,1H3,(H,19,20). The van der Waals surface area contributed by atoms with Crippen LogP contribution in [-0.2, 0) is 9.59 Å². The molecule has 1 amide bonds. The molecule has 21 heavy (non-hydrogen) atoms. The summed E-state index contributed by atoms with van der Waals surface area (Å²) in [7, 11) is 0. The van der Waals surface area contributed by atoms with Crippen LogP contribution in [0.4, 0.5) is 0 Å². The lowest BCUT2D eigenvalue weighted by atomic mass is 10.3. The van der Waals surface area contributed by atoms with Gasteiger partial charge in [0.2, 0.25) is 5.91 Å². The number of aliphatic carboxylic acids is 1. The van der Waals surface area contributed by atoms with E-state index in [0.717, 1.165) is 0 Å². The Balaban J connectivity index is 2.47. The number of nitrogens with zero attached hydrogens (tertiary/aromatic N) is 1. The lowest BCUT2D eigenvalue weighted by Crippen LogP contribution is -2.36. The molecule has 0 fully saturated rings. The smallest absolute Gasteiger partial charge is 0.323 e. The predicted octanol–water partition coefficient (Wildman–Crippen LogP) is 3.09. The van der Waals surface area contributed by atoms with Crippen molar-refractivity contribution in [1.29, 1.82) is 0 Å². The number of carbonyl (C=O) groups excluding carboxylic acids is 1. The van der Waals surface area contributed by atoms with Crippen LogP contribution in [0, 0.1) is 0 Å². The Labute approximate surface area is 133 Å². The minimum absolute atomic E-state index is 0.105. The third kappa shape index (κ3) is 6.23. The largest absolute Gasteiger partial charge is 0.493 e. The summed E-state index contributed by atoms with van der Waals surface area (Å²) in [6, 6.07) is 4.82. The number of halogens is 2. The zero-order valence-electron chi connectivity index (χ0n) is 11.6. The first-order chi connectivity index (χ1) is 9.93. The highest BCUT2D eigenvalue weighted by molar-refractivity contribution is 6.42. The minimum atomic E-state index is -1.03. The van der Waals surface area contributed by atoms with Crippen LogP contribution in [0.2, 0.25) is 10.0 Å². The molecule has 0 aliphatic rings. The maximum absolute atomic E-state index is 11.9. The van der Waals surface area contributed by atoms with E-state index in [1.54, 1.807) is 18.2 Å². The second-order valence-corrected chi connectivity index (χ2v) is 5.20. The van der Waals surface area contributed by atoms with Gasteiger partial charge in [-0.1, -0.05) is 30.1 Å². The lowest BCUT2D eigenvalue weighted by Gasteiger charge is -2.20. The fraction of sp³-hybridized carbons (Fsp3) is 0.429. The van der Waals surface area contributed by atoms with Crippen LogP contribution in [-0.4, -0.2) is 41.6 Å². The van der Waals surface area contributed by atoms with E-state index in [9.17, 15) is 9.59 Å². The lowest BCUT2D eigenvalue weighted by molar-refractivity contribution is -0.144. The van der Waals surface area contributed by atoms with E-state index < -0.39 is 5.97 Å². The molecule has 0 atom stereocenters. The fourth-order valence-corrected chi connectivity index (χ4v) is 1.99. The van der Waals surface area contributed by atoms with E-state index in [1.807, 2.05) is 6.92 Å². The molecule has 0 spiro atoms. The number of hydrogen-bond acceptors (Lipinski definition) is 3. The summed E-state index contributed by atoms with van der Waals surface area (Å²) in [4.78, 5) is 23.9. The molecule has 1 aromatic carbocycles. The molecule has 7 heteroatoms. The molecule has 1 aromatic rings. The molecule has 0 bridgehead atoms. The zero-order valence-corrected chi connectivity index (χ0v) is 13.2. The predicted molar refractivity (Wildman–Crippen MR) is 81.1 cm³/mol. The number of carboxylic acid groups (broad SMARTS) is 1. The molecular weight excluding hydrogens is 317 g/mol. The van der Waals surface area contributed by atoms with Gasteiger partial charge in [0.05, 0.1) is 23.1 Å². The summed E-state index contributed by atoms with van der Waals surface area (Å²) in [6.45, 7) is 2.16. The second-order valence-electron chi connectivity index (χ2n) is 4.38. The van der Waals surface area contributed by atoms with Gasteiger partial charge in [-0.3, -0.25) is 9.59 Å². The highest BCUT2D eigenvalue weighted by Crippen LogP contribution is 2.26. The number of carboxylic acids is 1. The van der Waals surface area contributed by atoms with Crippen molar-refractivity contribution in [2.75, 3.05) is 19.7 Å². The van der Waals surface area contributed by atoms with Crippen molar-refractivity contribution in [3.8, 4) is 5.75 Å².